The van der Waals surface area contributed by atoms with Gasteiger partial charge in [-0.05, 0) is 37.6 Å². The summed E-state index contributed by atoms with van der Waals surface area (Å²) in [5.74, 6) is 0. The molecule has 0 bridgehead atoms. The highest BCUT2D eigenvalue weighted by atomic mass is 79.9. The maximum absolute atomic E-state index is 6.03. The van der Waals surface area contributed by atoms with Crippen LogP contribution in [-0.2, 0) is 5.33 Å². The second-order valence-corrected chi connectivity index (χ2v) is 4.74. The summed E-state index contributed by atoms with van der Waals surface area (Å²) < 4.78 is 1.93. The minimum absolute atomic E-state index is 0.729. The smallest absolute Gasteiger partial charge is 0.0704 e. The van der Waals surface area contributed by atoms with Crippen LogP contribution in [-0.4, -0.2) is 9.78 Å². The first-order chi connectivity index (χ1) is 7.61. The molecule has 16 heavy (non-hydrogen) atoms. The van der Waals surface area contributed by atoms with Crippen LogP contribution in [0.1, 0.15) is 17.0 Å². The van der Waals surface area contributed by atoms with Crippen LogP contribution in [0.25, 0.3) is 5.69 Å². The van der Waals surface area contributed by atoms with Crippen LogP contribution < -0.4 is 0 Å². The summed E-state index contributed by atoms with van der Waals surface area (Å²) in [6.07, 6.45) is 0. The molecule has 0 spiro atoms. The summed E-state index contributed by atoms with van der Waals surface area (Å²) in [5, 5.41) is 5.99. The van der Waals surface area contributed by atoms with Gasteiger partial charge in [0.2, 0.25) is 0 Å². The fourth-order valence-corrected chi connectivity index (χ4v) is 2.36. The van der Waals surface area contributed by atoms with Gasteiger partial charge in [-0.3, -0.25) is 0 Å². The molecule has 84 valence electrons. The van der Waals surface area contributed by atoms with E-state index in [0.717, 1.165) is 27.4 Å². The van der Waals surface area contributed by atoms with Gasteiger partial charge in [-0.2, -0.15) is 5.10 Å². The molecule has 0 atom stereocenters. The maximum Gasteiger partial charge on any atom is 0.0704 e. The molecule has 2 rings (SSSR count). The Labute approximate surface area is 108 Å². The third kappa shape index (κ3) is 2.15. The molecule has 0 N–H and O–H groups in total. The van der Waals surface area contributed by atoms with Crippen molar-refractivity contribution in [2.24, 2.45) is 0 Å². The lowest BCUT2D eigenvalue weighted by Gasteiger charge is -2.09. The normalized spacial score (nSPS) is 10.8. The number of halogens is 2. The maximum atomic E-state index is 6.03. The summed E-state index contributed by atoms with van der Waals surface area (Å²) >= 11 is 9.50. The predicted octanol–water partition coefficient (Wildman–Crippen LogP) is 4.04. The van der Waals surface area contributed by atoms with Crippen molar-refractivity contribution >= 4 is 27.5 Å². The molecule has 0 fully saturated rings. The quantitative estimate of drug-likeness (QED) is 0.765. The van der Waals surface area contributed by atoms with Crippen LogP contribution >= 0.6 is 27.5 Å². The summed E-state index contributed by atoms with van der Waals surface area (Å²) in [4.78, 5) is 0. The van der Waals surface area contributed by atoms with E-state index < -0.39 is 0 Å². The number of hydrogen-bond donors (Lipinski definition) is 0. The Morgan fingerprint density at radius 3 is 2.62 bits per heavy atom. The van der Waals surface area contributed by atoms with Gasteiger partial charge in [-0.15, -0.1) is 0 Å². The summed E-state index contributed by atoms with van der Waals surface area (Å²) in [5.41, 5.74) is 4.34. The third-order valence-corrected chi connectivity index (χ3v) is 3.27. The zero-order valence-electron chi connectivity index (χ0n) is 9.17. The zero-order chi connectivity index (χ0) is 11.7. The lowest BCUT2D eigenvalue weighted by molar-refractivity contribution is 0.827. The third-order valence-electron chi connectivity index (χ3n) is 2.43. The summed E-state index contributed by atoms with van der Waals surface area (Å²) in [6.45, 7) is 4.03. The minimum atomic E-state index is 0.729. The van der Waals surface area contributed by atoms with E-state index in [4.69, 9.17) is 11.6 Å². The van der Waals surface area contributed by atoms with E-state index in [1.165, 1.54) is 5.56 Å². The predicted molar refractivity (Wildman–Crippen MR) is 70.7 cm³/mol. The van der Waals surface area contributed by atoms with E-state index in [2.05, 4.69) is 27.1 Å². The van der Waals surface area contributed by atoms with Gasteiger partial charge in [0.05, 0.1) is 11.4 Å². The number of aromatic nitrogens is 2. The molecule has 2 aromatic rings. The van der Waals surface area contributed by atoms with E-state index in [0.29, 0.717) is 0 Å². The van der Waals surface area contributed by atoms with Gasteiger partial charge in [-0.25, -0.2) is 4.68 Å². The fourth-order valence-electron chi connectivity index (χ4n) is 1.72. The van der Waals surface area contributed by atoms with Crippen molar-refractivity contribution < 1.29 is 0 Å². The number of rotatable bonds is 2. The number of alkyl halides is 1. The lowest BCUT2D eigenvalue weighted by Crippen LogP contribution is -2.02. The van der Waals surface area contributed by atoms with Crippen molar-refractivity contribution in [1.29, 1.82) is 0 Å². The molecule has 1 aromatic carbocycles. The average molecular weight is 300 g/mol. The zero-order valence-corrected chi connectivity index (χ0v) is 11.5. The fraction of sp³-hybridized carbons (Fsp3) is 0.250. The van der Waals surface area contributed by atoms with Crippen molar-refractivity contribution in [2.45, 2.75) is 19.2 Å². The van der Waals surface area contributed by atoms with Crippen molar-refractivity contribution in [3.63, 3.8) is 0 Å². The van der Waals surface area contributed by atoms with E-state index in [-0.39, 0.29) is 0 Å². The molecule has 0 saturated heterocycles. The van der Waals surface area contributed by atoms with Crippen molar-refractivity contribution in [3.05, 3.63) is 46.2 Å². The van der Waals surface area contributed by atoms with Crippen LogP contribution in [0.5, 0.6) is 0 Å². The Hall–Kier alpha value is -0.800. The first-order valence-electron chi connectivity index (χ1n) is 5.00. The second-order valence-electron chi connectivity index (χ2n) is 3.75. The Bertz CT molecular complexity index is 520. The first-order valence-corrected chi connectivity index (χ1v) is 6.50. The number of nitrogens with zero attached hydrogens (tertiary/aromatic N) is 2. The van der Waals surface area contributed by atoms with Crippen LogP contribution in [0.3, 0.4) is 0 Å². The molecule has 1 heterocycles. The highest BCUT2D eigenvalue weighted by Crippen LogP contribution is 2.23. The van der Waals surface area contributed by atoms with Gasteiger partial charge in [0.1, 0.15) is 0 Å². The topological polar surface area (TPSA) is 17.8 Å². The first kappa shape index (κ1) is 11.7. The highest BCUT2D eigenvalue weighted by Gasteiger charge is 2.08. The van der Waals surface area contributed by atoms with E-state index >= 15 is 0 Å². The Kier molecular flexibility index (Phi) is 3.36. The minimum Gasteiger partial charge on any atom is -0.237 e. The summed E-state index contributed by atoms with van der Waals surface area (Å²) in [6, 6.07) is 7.91. The van der Waals surface area contributed by atoms with Crippen molar-refractivity contribution in [3.8, 4) is 5.69 Å². The molecule has 2 nitrogen and oxygen atoms in total. The number of benzene rings is 1. The molecular weight excluding hydrogens is 288 g/mol. The monoisotopic (exact) mass is 298 g/mol. The Morgan fingerprint density at radius 1 is 1.31 bits per heavy atom. The Balaban J connectivity index is 2.62. The molecular formula is C12H12BrClN2. The van der Waals surface area contributed by atoms with E-state index in [1.807, 2.05) is 36.7 Å². The van der Waals surface area contributed by atoms with Gasteiger partial charge in [0, 0.05) is 16.0 Å². The SMILES string of the molecule is Cc1cc(C)n(-c2cc(Cl)ccc2CBr)n1. The molecule has 0 aliphatic rings. The lowest BCUT2D eigenvalue weighted by atomic mass is 10.2. The van der Waals surface area contributed by atoms with Gasteiger partial charge in [0.25, 0.3) is 0 Å². The average Bonchev–Trinajstić information content (AvgIpc) is 2.57. The molecule has 0 unspecified atom stereocenters. The van der Waals surface area contributed by atoms with Gasteiger partial charge < -0.3 is 0 Å². The molecule has 0 radical (unpaired) electrons. The molecule has 0 aliphatic carbocycles. The molecule has 4 heteroatoms. The van der Waals surface area contributed by atoms with Crippen molar-refractivity contribution in [2.75, 3.05) is 0 Å². The largest absolute Gasteiger partial charge is 0.237 e. The van der Waals surface area contributed by atoms with E-state index in [1.54, 1.807) is 0 Å². The standard InChI is InChI=1S/C12H12BrClN2/c1-8-5-9(2)16(15-8)12-6-11(14)4-3-10(12)7-13/h3-6H,7H2,1-2H3. The highest BCUT2D eigenvalue weighted by molar-refractivity contribution is 9.08. The number of aryl methyl sites for hydroxylation is 2. The van der Waals surface area contributed by atoms with Gasteiger partial charge >= 0.3 is 0 Å². The summed E-state index contributed by atoms with van der Waals surface area (Å²) in [7, 11) is 0. The molecule has 0 aliphatic heterocycles. The van der Waals surface area contributed by atoms with Crippen molar-refractivity contribution in [1.82, 2.24) is 9.78 Å². The van der Waals surface area contributed by atoms with Gasteiger partial charge in [-0.1, -0.05) is 33.6 Å². The van der Waals surface area contributed by atoms with Crippen LogP contribution in [0, 0.1) is 13.8 Å². The number of hydrogen-bond acceptors (Lipinski definition) is 1. The second kappa shape index (κ2) is 4.60. The molecule has 0 amide bonds. The van der Waals surface area contributed by atoms with Crippen LogP contribution in [0.4, 0.5) is 0 Å². The Morgan fingerprint density at radius 2 is 2.06 bits per heavy atom. The van der Waals surface area contributed by atoms with Crippen LogP contribution in [0.2, 0.25) is 5.02 Å². The van der Waals surface area contributed by atoms with Crippen LogP contribution in [0.15, 0.2) is 24.3 Å². The molecule has 1 aromatic heterocycles. The van der Waals surface area contributed by atoms with Gasteiger partial charge in [0.15, 0.2) is 0 Å². The van der Waals surface area contributed by atoms with E-state index in [9.17, 15) is 0 Å². The molecule has 0 saturated carbocycles.